The maximum Gasteiger partial charge on any atom is 0.410 e. The summed E-state index contributed by atoms with van der Waals surface area (Å²) in [5, 5.41) is 3.38. The first-order valence-electron chi connectivity index (χ1n) is 9.37. The van der Waals surface area contributed by atoms with E-state index in [1.54, 1.807) is 23.1 Å². The van der Waals surface area contributed by atoms with Crippen LogP contribution in [0.2, 0.25) is 0 Å². The van der Waals surface area contributed by atoms with E-state index in [-0.39, 0.29) is 18.9 Å². The standard InChI is InChI=1S/C20H30N2O5/c1-5-25-14-26-17-10-6-8-15(13-23)18(17)21-16-9-7-11-22(12-16)19(24)27-20(2,3)4/h6,8,10,13,16,21H,5,7,9,11-12,14H2,1-4H3/t16-/m1/s1. The van der Waals surface area contributed by atoms with Crippen LogP contribution in [0.25, 0.3) is 0 Å². The van der Waals surface area contributed by atoms with Crippen LogP contribution in [0.5, 0.6) is 5.75 Å². The van der Waals surface area contributed by atoms with Crippen molar-refractivity contribution in [1.82, 2.24) is 4.90 Å². The number of hydrogen-bond donors (Lipinski definition) is 1. The van der Waals surface area contributed by atoms with Gasteiger partial charge < -0.3 is 24.4 Å². The summed E-state index contributed by atoms with van der Waals surface area (Å²) in [6.07, 6.45) is 2.22. The second kappa shape index (κ2) is 9.60. The molecule has 0 aromatic heterocycles. The normalized spacial score (nSPS) is 17.3. The van der Waals surface area contributed by atoms with Crippen LogP contribution in [0.3, 0.4) is 0 Å². The molecule has 7 heteroatoms. The number of carbonyl (C=O) groups excluding carboxylic acids is 2. The van der Waals surface area contributed by atoms with Gasteiger partial charge in [0.1, 0.15) is 11.4 Å². The highest BCUT2D eigenvalue weighted by molar-refractivity contribution is 5.87. The van der Waals surface area contributed by atoms with Gasteiger partial charge in [-0.15, -0.1) is 0 Å². The monoisotopic (exact) mass is 378 g/mol. The van der Waals surface area contributed by atoms with Crippen LogP contribution in [-0.4, -0.2) is 55.4 Å². The van der Waals surface area contributed by atoms with E-state index in [0.717, 1.165) is 19.1 Å². The summed E-state index contributed by atoms with van der Waals surface area (Å²) in [7, 11) is 0. The number of likely N-dealkylation sites (tertiary alicyclic amines) is 1. The molecule has 1 saturated heterocycles. The molecule has 1 fully saturated rings. The van der Waals surface area contributed by atoms with Gasteiger partial charge in [-0.25, -0.2) is 4.79 Å². The minimum atomic E-state index is -0.526. The van der Waals surface area contributed by atoms with Crippen molar-refractivity contribution >= 4 is 18.1 Å². The van der Waals surface area contributed by atoms with Gasteiger partial charge in [0.25, 0.3) is 0 Å². The predicted molar refractivity (Wildman–Crippen MR) is 103 cm³/mol. The van der Waals surface area contributed by atoms with E-state index >= 15 is 0 Å². The smallest absolute Gasteiger partial charge is 0.410 e. The molecule has 1 atom stereocenters. The first kappa shape index (κ1) is 21.0. The highest BCUT2D eigenvalue weighted by Crippen LogP contribution is 2.30. The number of carbonyl (C=O) groups is 2. The number of piperidine rings is 1. The summed E-state index contributed by atoms with van der Waals surface area (Å²) in [6.45, 7) is 9.28. The maximum atomic E-state index is 12.4. The van der Waals surface area contributed by atoms with Crippen molar-refractivity contribution in [2.45, 2.75) is 52.2 Å². The largest absolute Gasteiger partial charge is 0.465 e. The van der Waals surface area contributed by atoms with Gasteiger partial charge in [0.2, 0.25) is 0 Å². The van der Waals surface area contributed by atoms with Crippen LogP contribution in [0.4, 0.5) is 10.5 Å². The number of amides is 1. The molecule has 1 aliphatic rings. The molecule has 0 aliphatic carbocycles. The Morgan fingerprint density at radius 1 is 1.37 bits per heavy atom. The molecule has 1 aromatic rings. The molecule has 27 heavy (non-hydrogen) atoms. The number of anilines is 1. The molecule has 1 aliphatic heterocycles. The first-order chi connectivity index (χ1) is 12.8. The van der Waals surface area contributed by atoms with E-state index in [9.17, 15) is 9.59 Å². The number of nitrogens with zero attached hydrogens (tertiary/aromatic N) is 1. The Balaban J connectivity index is 2.08. The third-order valence-electron chi connectivity index (χ3n) is 4.11. The minimum absolute atomic E-state index is 0.00168. The fourth-order valence-electron chi connectivity index (χ4n) is 2.90. The lowest BCUT2D eigenvalue weighted by Crippen LogP contribution is -2.47. The van der Waals surface area contributed by atoms with Crippen LogP contribution < -0.4 is 10.1 Å². The van der Waals surface area contributed by atoms with Gasteiger partial charge >= 0.3 is 6.09 Å². The summed E-state index contributed by atoms with van der Waals surface area (Å²) in [4.78, 5) is 25.5. The van der Waals surface area contributed by atoms with E-state index in [0.29, 0.717) is 36.7 Å². The Hall–Kier alpha value is -2.28. The topological polar surface area (TPSA) is 77.1 Å². The van der Waals surface area contributed by atoms with Gasteiger partial charge in [0, 0.05) is 31.3 Å². The lowest BCUT2D eigenvalue weighted by molar-refractivity contribution is 0.0205. The summed E-state index contributed by atoms with van der Waals surface area (Å²) in [6, 6.07) is 5.30. The van der Waals surface area contributed by atoms with Gasteiger partial charge in [-0.05, 0) is 52.7 Å². The Morgan fingerprint density at radius 2 is 2.15 bits per heavy atom. The Morgan fingerprint density at radius 3 is 2.81 bits per heavy atom. The van der Waals surface area contributed by atoms with Crippen molar-refractivity contribution in [2.75, 3.05) is 31.8 Å². The summed E-state index contributed by atoms with van der Waals surface area (Å²) >= 11 is 0. The van der Waals surface area contributed by atoms with Crippen LogP contribution in [-0.2, 0) is 9.47 Å². The molecular formula is C20H30N2O5. The van der Waals surface area contributed by atoms with Crippen LogP contribution in [0, 0.1) is 0 Å². The number of para-hydroxylation sites is 1. The van der Waals surface area contributed by atoms with Crippen molar-refractivity contribution in [1.29, 1.82) is 0 Å². The predicted octanol–water partition coefficient (Wildman–Crippen LogP) is 3.68. The SMILES string of the molecule is CCOCOc1cccc(C=O)c1N[C@@H]1CCCN(C(=O)OC(C)(C)C)C1. The highest BCUT2D eigenvalue weighted by atomic mass is 16.7. The van der Waals surface area contributed by atoms with E-state index in [1.807, 2.05) is 27.7 Å². The molecule has 0 radical (unpaired) electrons. The molecule has 1 aromatic carbocycles. The number of nitrogens with one attached hydrogen (secondary N) is 1. The summed E-state index contributed by atoms with van der Waals surface area (Å²) in [5.41, 5.74) is 0.614. The van der Waals surface area contributed by atoms with Crippen LogP contribution >= 0.6 is 0 Å². The Labute approximate surface area is 161 Å². The second-order valence-corrected chi connectivity index (χ2v) is 7.50. The molecule has 150 valence electrons. The molecule has 1 heterocycles. The average Bonchev–Trinajstić information content (AvgIpc) is 2.62. The summed E-state index contributed by atoms with van der Waals surface area (Å²) < 4.78 is 16.4. The van der Waals surface area contributed by atoms with Crippen molar-refractivity contribution in [3.8, 4) is 5.75 Å². The minimum Gasteiger partial charge on any atom is -0.465 e. The highest BCUT2D eigenvalue weighted by Gasteiger charge is 2.28. The van der Waals surface area contributed by atoms with E-state index < -0.39 is 5.60 Å². The molecular weight excluding hydrogens is 348 g/mol. The molecule has 1 amide bonds. The number of ether oxygens (including phenoxy) is 3. The number of hydrogen-bond acceptors (Lipinski definition) is 6. The van der Waals surface area contributed by atoms with E-state index in [4.69, 9.17) is 14.2 Å². The van der Waals surface area contributed by atoms with E-state index in [2.05, 4.69) is 5.32 Å². The third kappa shape index (κ3) is 6.43. The molecule has 0 spiro atoms. The van der Waals surface area contributed by atoms with Gasteiger partial charge in [-0.3, -0.25) is 4.79 Å². The zero-order chi connectivity index (χ0) is 19.9. The van der Waals surface area contributed by atoms with E-state index in [1.165, 1.54) is 0 Å². The Kier molecular flexibility index (Phi) is 7.47. The Bertz CT molecular complexity index is 642. The second-order valence-electron chi connectivity index (χ2n) is 7.50. The molecule has 2 rings (SSSR count). The number of aldehydes is 1. The summed E-state index contributed by atoms with van der Waals surface area (Å²) in [5.74, 6) is 0.558. The molecule has 1 N–H and O–H groups in total. The lowest BCUT2D eigenvalue weighted by atomic mass is 10.0. The van der Waals surface area contributed by atoms with Crippen molar-refractivity contribution in [3.05, 3.63) is 23.8 Å². The van der Waals surface area contributed by atoms with Crippen LogP contribution in [0.1, 0.15) is 50.9 Å². The van der Waals surface area contributed by atoms with Crippen molar-refractivity contribution in [2.24, 2.45) is 0 Å². The zero-order valence-electron chi connectivity index (χ0n) is 16.6. The quantitative estimate of drug-likeness (QED) is 0.443. The van der Waals surface area contributed by atoms with Gasteiger partial charge in [-0.1, -0.05) is 6.07 Å². The lowest BCUT2D eigenvalue weighted by Gasteiger charge is -2.35. The molecule has 0 saturated carbocycles. The fraction of sp³-hybridized carbons (Fsp3) is 0.600. The number of benzene rings is 1. The molecule has 0 bridgehead atoms. The first-order valence-corrected chi connectivity index (χ1v) is 9.37. The van der Waals surface area contributed by atoms with Gasteiger partial charge in [-0.2, -0.15) is 0 Å². The van der Waals surface area contributed by atoms with Gasteiger partial charge in [0.05, 0.1) is 5.69 Å². The van der Waals surface area contributed by atoms with Gasteiger partial charge in [0.15, 0.2) is 13.1 Å². The third-order valence-corrected chi connectivity index (χ3v) is 4.11. The van der Waals surface area contributed by atoms with Crippen molar-refractivity contribution < 1.29 is 23.8 Å². The fourth-order valence-corrected chi connectivity index (χ4v) is 2.90. The average molecular weight is 378 g/mol. The molecule has 0 unspecified atom stereocenters. The number of rotatable bonds is 7. The maximum absolute atomic E-state index is 12.4. The van der Waals surface area contributed by atoms with Crippen LogP contribution in [0.15, 0.2) is 18.2 Å². The zero-order valence-corrected chi connectivity index (χ0v) is 16.6. The molecule has 7 nitrogen and oxygen atoms in total. The van der Waals surface area contributed by atoms with Crippen molar-refractivity contribution in [3.63, 3.8) is 0 Å².